The first-order chi connectivity index (χ1) is 12.9. The van der Waals surface area contributed by atoms with Gasteiger partial charge in [-0.3, -0.25) is 13.9 Å². The number of hydrogen-bond donors (Lipinski definition) is 0. The first-order valence-electron chi connectivity index (χ1n) is 8.41. The summed E-state index contributed by atoms with van der Waals surface area (Å²) in [5.74, 6) is 1.51. The Balaban J connectivity index is 1.85. The summed E-state index contributed by atoms with van der Waals surface area (Å²) in [6.07, 6.45) is 2.05. The second kappa shape index (κ2) is 6.96. The molecule has 4 rings (SSSR count). The molecular formula is C18H16Cl2N4O2S. The lowest BCUT2D eigenvalue weighted by atomic mass is 10.2. The van der Waals surface area contributed by atoms with Gasteiger partial charge in [-0.15, -0.1) is 11.8 Å². The predicted molar refractivity (Wildman–Crippen MR) is 108 cm³/mol. The molecule has 0 unspecified atom stereocenters. The molecule has 9 heteroatoms. The zero-order valence-corrected chi connectivity index (χ0v) is 17.0. The predicted octanol–water partition coefficient (Wildman–Crippen LogP) is 3.50. The van der Waals surface area contributed by atoms with Gasteiger partial charge in [-0.05, 0) is 30.5 Å². The first kappa shape index (κ1) is 18.5. The summed E-state index contributed by atoms with van der Waals surface area (Å²) >= 11 is 13.6. The summed E-state index contributed by atoms with van der Waals surface area (Å²) in [5, 5.41) is 2.07. The van der Waals surface area contributed by atoms with Crippen LogP contribution < -0.4 is 11.2 Å². The van der Waals surface area contributed by atoms with Gasteiger partial charge in [0.1, 0.15) is 16.2 Å². The maximum Gasteiger partial charge on any atom is 0.332 e. The summed E-state index contributed by atoms with van der Waals surface area (Å²) in [6.45, 7) is 0. The van der Waals surface area contributed by atoms with E-state index in [9.17, 15) is 9.59 Å². The number of aromatic nitrogens is 4. The van der Waals surface area contributed by atoms with Gasteiger partial charge >= 0.3 is 5.69 Å². The highest BCUT2D eigenvalue weighted by atomic mass is 35.5. The van der Waals surface area contributed by atoms with Crippen molar-refractivity contribution in [2.75, 3.05) is 0 Å². The fourth-order valence-electron chi connectivity index (χ4n) is 2.86. The van der Waals surface area contributed by atoms with Crippen LogP contribution in [0.1, 0.15) is 30.1 Å². The van der Waals surface area contributed by atoms with Gasteiger partial charge in [-0.1, -0.05) is 29.3 Å². The highest BCUT2D eigenvalue weighted by molar-refractivity contribution is 7.98. The molecule has 3 aromatic rings. The Hall–Kier alpha value is -1.83. The molecule has 140 valence electrons. The van der Waals surface area contributed by atoms with Crippen molar-refractivity contribution in [3.8, 4) is 0 Å². The van der Waals surface area contributed by atoms with E-state index in [4.69, 9.17) is 23.2 Å². The van der Waals surface area contributed by atoms with Gasteiger partial charge in [0.2, 0.25) is 0 Å². The van der Waals surface area contributed by atoms with Crippen LogP contribution >= 0.6 is 35.0 Å². The molecule has 1 aliphatic rings. The molecule has 2 aromatic heterocycles. The van der Waals surface area contributed by atoms with Crippen molar-refractivity contribution >= 4 is 46.0 Å². The van der Waals surface area contributed by atoms with E-state index in [0.717, 1.165) is 23.0 Å². The lowest BCUT2D eigenvalue weighted by Crippen LogP contribution is -2.37. The molecule has 0 radical (unpaired) electrons. The Morgan fingerprint density at radius 3 is 2.56 bits per heavy atom. The molecule has 27 heavy (non-hydrogen) atoms. The average molecular weight is 423 g/mol. The molecule has 0 N–H and O–H groups in total. The molecule has 0 saturated heterocycles. The summed E-state index contributed by atoms with van der Waals surface area (Å²) in [6, 6.07) is 5.33. The minimum Gasteiger partial charge on any atom is -0.280 e. The quantitative estimate of drug-likeness (QED) is 0.475. The van der Waals surface area contributed by atoms with Crippen LogP contribution in [0.2, 0.25) is 10.0 Å². The van der Waals surface area contributed by atoms with E-state index in [2.05, 4.69) is 9.97 Å². The Kier molecular flexibility index (Phi) is 4.78. The minimum absolute atomic E-state index is 0.298. The molecule has 0 bridgehead atoms. The van der Waals surface area contributed by atoms with Gasteiger partial charge in [-0.2, -0.15) is 0 Å². The molecule has 0 amide bonds. The number of aryl methyl sites for hydroxylation is 1. The maximum absolute atomic E-state index is 12.8. The van der Waals surface area contributed by atoms with Crippen LogP contribution in [0.15, 0.2) is 32.8 Å². The maximum atomic E-state index is 12.8. The molecule has 2 heterocycles. The molecule has 1 aliphatic carbocycles. The van der Waals surface area contributed by atoms with Crippen molar-refractivity contribution in [2.45, 2.75) is 29.5 Å². The molecule has 1 aromatic carbocycles. The van der Waals surface area contributed by atoms with Gasteiger partial charge in [0.15, 0.2) is 5.65 Å². The van der Waals surface area contributed by atoms with Crippen LogP contribution in [0.4, 0.5) is 0 Å². The van der Waals surface area contributed by atoms with Crippen LogP contribution in [-0.4, -0.2) is 19.1 Å². The lowest BCUT2D eigenvalue weighted by Gasteiger charge is -2.12. The molecule has 0 atom stereocenters. The van der Waals surface area contributed by atoms with Crippen molar-refractivity contribution in [1.29, 1.82) is 0 Å². The fraction of sp³-hybridized carbons (Fsp3) is 0.333. The summed E-state index contributed by atoms with van der Waals surface area (Å²) in [7, 11) is 3.09. The van der Waals surface area contributed by atoms with E-state index in [-0.39, 0.29) is 5.56 Å². The van der Waals surface area contributed by atoms with Crippen molar-refractivity contribution < 1.29 is 0 Å². The smallest absolute Gasteiger partial charge is 0.280 e. The molecule has 6 nitrogen and oxygen atoms in total. The van der Waals surface area contributed by atoms with E-state index in [0.29, 0.717) is 43.6 Å². The Morgan fingerprint density at radius 2 is 1.89 bits per heavy atom. The van der Waals surface area contributed by atoms with E-state index in [1.54, 1.807) is 19.2 Å². The van der Waals surface area contributed by atoms with Gasteiger partial charge < -0.3 is 0 Å². The molecular weight excluding hydrogens is 407 g/mol. The number of fused-ring (bicyclic) bond motifs is 1. The van der Waals surface area contributed by atoms with E-state index in [1.807, 2.05) is 6.07 Å². The largest absolute Gasteiger partial charge is 0.332 e. The summed E-state index contributed by atoms with van der Waals surface area (Å²) in [5.41, 5.74) is 0.488. The number of nitrogens with zero attached hydrogens (tertiary/aromatic N) is 4. The zero-order valence-electron chi connectivity index (χ0n) is 14.7. The SMILES string of the molecule is Cn1c(=O)c2c(SCc3ccc(Cl)cc3Cl)nc(C3CC3)nc2n(C)c1=O. The topological polar surface area (TPSA) is 69.8 Å². The van der Waals surface area contributed by atoms with Crippen molar-refractivity contribution in [1.82, 2.24) is 19.1 Å². The highest BCUT2D eigenvalue weighted by Gasteiger charge is 2.29. The van der Waals surface area contributed by atoms with E-state index in [1.165, 1.54) is 23.4 Å². The summed E-state index contributed by atoms with van der Waals surface area (Å²) in [4.78, 5) is 34.2. The first-order valence-corrected chi connectivity index (χ1v) is 10.2. The van der Waals surface area contributed by atoms with Gasteiger partial charge in [0, 0.05) is 35.8 Å². The minimum atomic E-state index is -0.398. The summed E-state index contributed by atoms with van der Waals surface area (Å²) < 4.78 is 2.49. The number of halogens is 2. The number of benzene rings is 1. The second-order valence-corrected chi connectivity index (χ2v) is 8.40. The molecule has 0 aliphatic heterocycles. The van der Waals surface area contributed by atoms with Gasteiger partial charge in [-0.25, -0.2) is 14.8 Å². The molecule has 1 fully saturated rings. The highest BCUT2D eigenvalue weighted by Crippen LogP contribution is 2.39. The number of thioether (sulfide) groups is 1. The Bertz CT molecular complexity index is 1180. The fourth-order valence-corrected chi connectivity index (χ4v) is 4.44. The van der Waals surface area contributed by atoms with Gasteiger partial charge in [0.25, 0.3) is 5.56 Å². The van der Waals surface area contributed by atoms with Crippen LogP contribution in [0.3, 0.4) is 0 Å². The van der Waals surface area contributed by atoms with E-state index < -0.39 is 5.69 Å². The third-order valence-corrected chi connectivity index (χ3v) is 6.22. The normalized spacial score (nSPS) is 14.1. The van der Waals surface area contributed by atoms with Crippen LogP contribution in [0, 0.1) is 0 Å². The number of hydrogen-bond acceptors (Lipinski definition) is 5. The van der Waals surface area contributed by atoms with Gasteiger partial charge in [0.05, 0.1) is 0 Å². The van der Waals surface area contributed by atoms with Crippen molar-refractivity contribution in [2.24, 2.45) is 14.1 Å². The molecule has 1 saturated carbocycles. The lowest BCUT2D eigenvalue weighted by molar-refractivity contribution is 0.698. The zero-order chi connectivity index (χ0) is 19.3. The van der Waals surface area contributed by atoms with Crippen molar-refractivity contribution in [3.63, 3.8) is 0 Å². The second-order valence-electron chi connectivity index (χ2n) is 6.59. The third-order valence-electron chi connectivity index (χ3n) is 4.61. The Labute approximate surface area is 169 Å². The standard InChI is InChI=1S/C18H16Cl2N4O2S/c1-23-15-13(17(25)24(2)18(23)26)16(22-14(21-15)9-3-4-9)27-8-10-5-6-11(19)7-12(10)20/h5-7,9H,3-4,8H2,1-2H3. The average Bonchev–Trinajstić information content (AvgIpc) is 3.48. The van der Waals surface area contributed by atoms with E-state index >= 15 is 0 Å². The van der Waals surface area contributed by atoms with Crippen molar-refractivity contribution in [3.05, 3.63) is 60.5 Å². The third kappa shape index (κ3) is 3.39. The van der Waals surface area contributed by atoms with Crippen LogP contribution in [-0.2, 0) is 19.8 Å². The monoisotopic (exact) mass is 422 g/mol. The number of rotatable bonds is 4. The van der Waals surface area contributed by atoms with Crippen LogP contribution in [0.5, 0.6) is 0 Å². The van der Waals surface area contributed by atoms with Crippen LogP contribution in [0.25, 0.3) is 11.0 Å². The molecule has 0 spiro atoms. The Morgan fingerprint density at radius 1 is 1.15 bits per heavy atom.